The van der Waals surface area contributed by atoms with Crippen molar-refractivity contribution in [2.24, 2.45) is 17.1 Å². The molecule has 51 heavy (non-hydrogen) atoms. The summed E-state index contributed by atoms with van der Waals surface area (Å²) in [7, 11) is -3.75. The Morgan fingerprint density at radius 2 is 1.94 bits per heavy atom. The molecule has 2 heterocycles. The van der Waals surface area contributed by atoms with Crippen LogP contribution in [0.25, 0.3) is 0 Å². The van der Waals surface area contributed by atoms with E-state index >= 15 is 0 Å². The van der Waals surface area contributed by atoms with Crippen molar-refractivity contribution in [1.82, 2.24) is 25.9 Å². The van der Waals surface area contributed by atoms with E-state index in [0.717, 1.165) is 29.7 Å². The molecular weight excluding hydrogens is 687 g/mol. The zero-order valence-electron chi connectivity index (χ0n) is 29.6. The molecule has 4 atom stereocenters. The van der Waals surface area contributed by atoms with Gasteiger partial charge in [-0.3, -0.25) is 23.7 Å². The fraction of sp³-hybridized carbons (Fsp3) is 0.432. The third-order valence-corrected chi connectivity index (χ3v) is 10.8. The van der Waals surface area contributed by atoms with Gasteiger partial charge in [0, 0.05) is 54.3 Å². The van der Waals surface area contributed by atoms with Gasteiger partial charge in [0.1, 0.15) is 0 Å². The van der Waals surface area contributed by atoms with E-state index in [2.05, 4.69) is 31.7 Å². The number of nitrogens with two attached hydrogens (primary N) is 1. The van der Waals surface area contributed by atoms with Gasteiger partial charge in [0.25, 0.3) is 5.91 Å². The number of amides is 3. The average Bonchev–Trinajstić information content (AvgIpc) is 3.80. The Bertz CT molecular complexity index is 1780. The molecule has 0 radical (unpaired) electrons. The molecule has 0 aliphatic heterocycles. The fourth-order valence-corrected chi connectivity index (χ4v) is 7.38. The first-order valence-corrected chi connectivity index (χ1v) is 19.8. The molecule has 14 heteroatoms. The van der Waals surface area contributed by atoms with Crippen molar-refractivity contribution in [3.63, 3.8) is 0 Å². The van der Waals surface area contributed by atoms with Gasteiger partial charge in [-0.05, 0) is 80.8 Å². The molecule has 2 aromatic heterocycles. The van der Waals surface area contributed by atoms with E-state index in [-0.39, 0.29) is 36.7 Å². The first-order valence-electron chi connectivity index (χ1n) is 17.0. The maximum atomic E-state index is 13.9. The first-order chi connectivity index (χ1) is 24.3. The molecule has 5 rings (SSSR count). The van der Waals surface area contributed by atoms with Crippen LogP contribution in [0.15, 0.2) is 77.9 Å². The summed E-state index contributed by atoms with van der Waals surface area (Å²) in [6.45, 7) is 7.07. The molecule has 2 aliphatic rings. The van der Waals surface area contributed by atoms with E-state index in [1.807, 2.05) is 74.7 Å². The molecule has 274 valence electrons. The van der Waals surface area contributed by atoms with Crippen LogP contribution in [0.1, 0.15) is 79.2 Å². The molecule has 5 N–H and O–H groups in total. The highest BCUT2D eigenvalue weighted by molar-refractivity contribution is 7.92. The third kappa shape index (κ3) is 12.1. The smallest absolute Gasteiger partial charge is 0.251 e. The number of benzene rings is 1. The van der Waals surface area contributed by atoms with Gasteiger partial charge < -0.3 is 21.7 Å². The summed E-state index contributed by atoms with van der Waals surface area (Å²) < 4.78 is 28.3. The monoisotopic (exact) mass is 735 g/mol. The lowest BCUT2D eigenvalue weighted by Gasteiger charge is -2.34. The van der Waals surface area contributed by atoms with E-state index in [4.69, 9.17) is 4.79 Å². The van der Waals surface area contributed by atoms with Gasteiger partial charge in [0.2, 0.25) is 22.3 Å². The lowest BCUT2D eigenvalue weighted by Crippen LogP contribution is -2.44. The number of sulfonamides is 1. The van der Waals surface area contributed by atoms with E-state index < -0.39 is 21.5 Å². The number of nitrogens with zero attached hydrogens (tertiary/aromatic N) is 3. The Morgan fingerprint density at radius 1 is 1.18 bits per heavy atom. The number of thiazole rings is 1. The van der Waals surface area contributed by atoms with Crippen molar-refractivity contribution in [3.05, 3.63) is 100 Å². The Morgan fingerprint density at radius 3 is 2.55 bits per heavy atom. The van der Waals surface area contributed by atoms with E-state index in [9.17, 15) is 18.0 Å². The topological polar surface area (TPSA) is 176 Å². The summed E-state index contributed by atoms with van der Waals surface area (Å²) in [4.78, 5) is 44.0. The van der Waals surface area contributed by atoms with Gasteiger partial charge in [0.05, 0.1) is 35.2 Å². The van der Waals surface area contributed by atoms with Gasteiger partial charge in [-0.1, -0.05) is 37.3 Å². The molecule has 1 aromatic carbocycles. The first kappa shape index (κ1) is 39.4. The number of aromatic nitrogens is 2. The summed E-state index contributed by atoms with van der Waals surface area (Å²) in [5, 5.41) is 11.5. The van der Waals surface area contributed by atoms with Gasteiger partial charge in [-0.2, -0.15) is 0 Å². The van der Waals surface area contributed by atoms with Crippen LogP contribution in [0.3, 0.4) is 0 Å². The van der Waals surface area contributed by atoms with Crippen LogP contribution in [0.5, 0.6) is 0 Å². The number of primary amides is 1. The maximum Gasteiger partial charge on any atom is 0.251 e. The Kier molecular flexibility index (Phi) is 14.1. The normalized spacial score (nSPS) is 18.4. The summed E-state index contributed by atoms with van der Waals surface area (Å²) in [6.07, 6.45) is 16.3. The molecule has 2 aliphatic carbocycles. The number of carbonyl (C=O) groups excluding carboxylic acids is 3. The lowest BCUT2D eigenvalue weighted by molar-refractivity contribution is -0.122. The standard InChI is InChI=1S/C36H46N6O4S2.CH3NO/c1-25(28-9-8-14-37-20-28)41-35(44)30-15-29(17-33(18-30)42(48(4,45)46)23-36(3)12-6-5-7-13-36)31(16-32-22-47-24-40-32)21-38-26(2)34(43)39-19-27-10-11-27;2-1-3/h5-9,12,14-15,17-18,20,22,24-27,31,38H,10-11,13,16,19,21,23H2,1-4H3,(H,39,43)(H,41,44);1H,(H2,2,3)/t25?,26-,31-,36?;/m0./s1. The minimum atomic E-state index is -3.75. The highest BCUT2D eigenvalue weighted by Crippen LogP contribution is 2.34. The van der Waals surface area contributed by atoms with Crippen LogP contribution in [0.4, 0.5) is 5.69 Å². The summed E-state index contributed by atoms with van der Waals surface area (Å²) in [6, 6.07) is 8.30. The fourth-order valence-electron chi connectivity index (χ4n) is 5.79. The summed E-state index contributed by atoms with van der Waals surface area (Å²) in [5.74, 6) is -0.0316. The number of hydrogen-bond donors (Lipinski definition) is 4. The number of pyridine rings is 1. The predicted molar refractivity (Wildman–Crippen MR) is 202 cm³/mol. The van der Waals surface area contributed by atoms with Gasteiger partial charge in [-0.15, -0.1) is 11.3 Å². The number of hydrogen-bond acceptors (Lipinski definition) is 9. The van der Waals surface area contributed by atoms with Crippen LogP contribution in [0.2, 0.25) is 0 Å². The highest BCUT2D eigenvalue weighted by atomic mass is 32.2. The molecule has 12 nitrogen and oxygen atoms in total. The van der Waals surface area contributed by atoms with Crippen molar-refractivity contribution in [2.75, 3.05) is 30.2 Å². The van der Waals surface area contributed by atoms with E-state index in [1.165, 1.54) is 21.9 Å². The molecule has 1 saturated carbocycles. The summed E-state index contributed by atoms with van der Waals surface area (Å²) >= 11 is 1.50. The van der Waals surface area contributed by atoms with Gasteiger partial charge in [-0.25, -0.2) is 13.4 Å². The second-order valence-electron chi connectivity index (χ2n) is 13.5. The zero-order chi connectivity index (χ0) is 37.0. The van der Waals surface area contributed by atoms with E-state index in [0.29, 0.717) is 43.1 Å². The minimum absolute atomic E-state index is 0.0569. The second-order valence-corrected chi connectivity index (χ2v) is 16.2. The van der Waals surface area contributed by atoms with Crippen molar-refractivity contribution < 1.29 is 22.8 Å². The number of allylic oxidation sites excluding steroid dienone is 3. The molecule has 2 unspecified atom stereocenters. The molecular formula is C37H49N7O5S2. The quantitative estimate of drug-likeness (QED) is 0.158. The SMILES string of the molecule is CC(NC(=O)c1cc([C@H](CN[C@@H](C)C(=O)NCC2CC2)Cc2cscn2)cc(N(CC2(C)C=CC=CC2)S(C)(=O)=O)c1)c1cccnc1.NC=O. The van der Waals surface area contributed by atoms with Gasteiger partial charge >= 0.3 is 0 Å². The number of rotatable bonds is 16. The van der Waals surface area contributed by atoms with Crippen LogP contribution in [0, 0.1) is 11.3 Å². The lowest BCUT2D eigenvalue weighted by atomic mass is 9.83. The molecule has 0 saturated heterocycles. The molecule has 3 aromatic rings. The van der Waals surface area contributed by atoms with Crippen LogP contribution >= 0.6 is 11.3 Å². The molecule has 3 amide bonds. The van der Waals surface area contributed by atoms with Crippen molar-refractivity contribution in [3.8, 4) is 0 Å². The van der Waals surface area contributed by atoms with Gasteiger partial charge in [0.15, 0.2) is 0 Å². The van der Waals surface area contributed by atoms with Crippen LogP contribution < -0.4 is 26.0 Å². The van der Waals surface area contributed by atoms with Crippen molar-refractivity contribution in [1.29, 1.82) is 0 Å². The number of nitrogens with one attached hydrogen (secondary N) is 3. The second kappa shape index (κ2) is 18.2. The third-order valence-electron chi connectivity index (χ3n) is 8.99. The van der Waals surface area contributed by atoms with Crippen LogP contribution in [-0.4, -0.2) is 68.5 Å². The molecule has 0 spiro atoms. The Balaban J connectivity index is 0.00000188. The average molecular weight is 736 g/mol. The maximum absolute atomic E-state index is 13.9. The Labute approximate surface area is 305 Å². The van der Waals surface area contributed by atoms with Crippen molar-refractivity contribution in [2.45, 2.75) is 64.5 Å². The summed E-state index contributed by atoms with van der Waals surface area (Å²) in [5.41, 5.74) is 8.77. The largest absolute Gasteiger partial charge is 0.372 e. The predicted octanol–water partition coefficient (Wildman–Crippen LogP) is 4.25. The van der Waals surface area contributed by atoms with Crippen LogP contribution in [-0.2, 0) is 26.0 Å². The highest BCUT2D eigenvalue weighted by Gasteiger charge is 2.31. The van der Waals surface area contributed by atoms with E-state index in [1.54, 1.807) is 24.0 Å². The molecule has 0 bridgehead atoms. The number of anilines is 1. The molecule has 1 fully saturated rings. The zero-order valence-corrected chi connectivity index (χ0v) is 31.3. The Hall–Kier alpha value is -4.40. The minimum Gasteiger partial charge on any atom is -0.372 e. The number of carbonyl (C=O) groups is 3. The van der Waals surface area contributed by atoms with Crippen molar-refractivity contribution >= 4 is 45.3 Å².